The van der Waals surface area contributed by atoms with Crippen molar-refractivity contribution in [2.24, 2.45) is 0 Å². The molecule has 0 aliphatic heterocycles. The van der Waals surface area contributed by atoms with Gasteiger partial charge in [-0.3, -0.25) is 4.79 Å². The third-order valence-electron chi connectivity index (χ3n) is 5.41. The highest BCUT2D eigenvalue weighted by Gasteiger charge is 2.26. The number of hydrogen-bond donors (Lipinski definition) is 1. The van der Waals surface area contributed by atoms with Crippen molar-refractivity contribution >= 4 is 23.2 Å². The maximum atomic E-state index is 13.3. The van der Waals surface area contributed by atoms with Gasteiger partial charge in [-0.1, -0.05) is 29.8 Å². The minimum Gasteiger partial charge on any atom is -0.489 e. The Hall–Kier alpha value is -2.83. The fraction of sp³-hybridized carbons (Fsp3) is 0.333. The fourth-order valence-corrected chi connectivity index (χ4v) is 4.09. The SMILES string of the molecule is COCCOc1cc(C)ccc1NC(=O)c1nn(-c2ccccc2Cl)c2c1CCCC2. The topological polar surface area (TPSA) is 65.4 Å². The van der Waals surface area contributed by atoms with Gasteiger partial charge in [0.25, 0.3) is 5.91 Å². The van der Waals surface area contributed by atoms with Gasteiger partial charge < -0.3 is 14.8 Å². The zero-order chi connectivity index (χ0) is 21.8. The van der Waals surface area contributed by atoms with Crippen LogP contribution < -0.4 is 10.1 Å². The molecule has 2 aromatic carbocycles. The van der Waals surface area contributed by atoms with Crippen LogP contribution in [0, 0.1) is 6.92 Å². The zero-order valence-corrected chi connectivity index (χ0v) is 18.5. The summed E-state index contributed by atoms with van der Waals surface area (Å²) in [6, 6.07) is 13.3. The average Bonchev–Trinajstić information content (AvgIpc) is 3.16. The van der Waals surface area contributed by atoms with Crippen molar-refractivity contribution in [1.29, 1.82) is 0 Å². The number of methoxy groups -OCH3 is 1. The molecule has 0 radical (unpaired) electrons. The van der Waals surface area contributed by atoms with Gasteiger partial charge in [0.1, 0.15) is 12.4 Å². The number of anilines is 1. The number of halogens is 1. The van der Waals surface area contributed by atoms with E-state index in [-0.39, 0.29) is 5.91 Å². The number of hydrogen-bond acceptors (Lipinski definition) is 4. The lowest BCUT2D eigenvalue weighted by Crippen LogP contribution is -2.17. The molecule has 0 atom stereocenters. The molecule has 162 valence electrons. The average molecular weight is 440 g/mol. The monoisotopic (exact) mass is 439 g/mol. The molecule has 1 N–H and O–H groups in total. The van der Waals surface area contributed by atoms with Gasteiger partial charge in [-0.2, -0.15) is 5.10 Å². The first-order valence-corrected chi connectivity index (χ1v) is 10.9. The summed E-state index contributed by atoms with van der Waals surface area (Å²) >= 11 is 6.43. The third-order valence-corrected chi connectivity index (χ3v) is 5.73. The maximum Gasteiger partial charge on any atom is 0.276 e. The zero-order valence-electron chi connectivity index (χ0n) is 17.8. The molecule has 0 spiro atoms. The number of para-hydroxylation sites is 1. The van der Waals surface area contributed by atoms with Crippen molar-refractivity contribution < 1.29 is 14.3 Å². The van der Waals surface area contributed by atoms with Gasteiger partial charge in [0.05, 0.1) is 23.0 Å². The van der Waals surface area contributed by atoms with Crippen LogP contribution in [0.2, 0.25) is 5.02 Å². The van der Waals surface area contributed by atoms with Crippen molar-refractivity contribution in [3.05, 3.63) is 70.0 Å². The van der Waals surface area contributed by atoms with Crippen molar-refractivity contribution in [1.82, 2.24) is 9.78 Å². The van der Waals surface area contributed by atoms with Crippen LogP contribution in [0.3, 0.4) is 0 Å². The molecule has 0 saturated carbocycles. The van der Waals surface area contributed by atoms with E-state index in [0.29, 0.717) is 35.4 Å². The summed E-state index contributed by atoms with van der Waals surface area (Å²) in [7, 11) is 1.63. The van der Waals surface area contributed by atoms with Crippen molar-refractivity contribution in [2.75, 3.05) is 25.6 Å². The Morgan fingerprint density at radius 3 is 2.77 bits per heavy atom. The van der Waals surface area contributed by atoms with Crippen LogP contribution in [-0.4, -0.2) is 36.0 Å². The summed E-state index contributed by atoms with van der Waals surface area (Å²) in [4.78, 5) is 13.3. The highest BCUT2D eigenvalue weighted by Crippen LogP contribution is 2.31. The van der Waals surface area contributed by atoms with E-state index in [1.54, 1.807) is 7.11 Å². The lowest BCUT2D eigenvalue weighted by atomic mass is 9.95. The Kier molecular flexibility index (Phi) is 6.59. The number of amides is 1. The van der Waals surface area contributed by atoms with Gasteiger partial charge >= 0.3 is 0 Å². The predicted molar refractivity (Wildman–Crippen MR) is 122 cm³/mol. The quantitative estimate of drug-likeness (QED) is 0.526. The van der Waals surface area contributed by atoms with E-state index in [1.807, 2.05) is 54.1 Å². The molecule has 1 aromatic heterocycles. The summed E-state index contributed by atoms with van der Waals surface area (Å²) < 4.78 is 12.7. The Bertz CT molecular complexity index is 1090. The number of carbonyl (C=O) groups excluding carboxylic acids is 1. The molecule has 1 aliphatic rings. The summed E-state index contributed by atoms with van der Waals surface area (Å²) in [5, 5.41) is 8.31. The van der Waals surface area contributed by atoms with Gasteiger partial charge in [-0.05, 0) is 62.4 Å². The van der Waals surface area contributed by atoms with E-state index >= 15 is 0 Å². The van der Waals surface area contributed by atoms with E-state index in [0.717, 1.165) is 48.2 Å². The van der Waals surface area contributed by atoms with E-state index in [4.69, 9.17) is 26.2 Å². The van der Waals surface area contributed by atoms with E-state index in [9.17, 15) is 4.79 Å². The highest BCUT2D eigenvalue weighted by molar-refractivity contribution is 6.32. The number of ether oxygens (including phenoxy) is 2. The normalized spacial score (nSPS) is 13.0. The molecular formula is C24H26ClN3O3. The molecule has 6 nitrogen and oxygen atoms in total. The first kappa shape index (κ1) is 21.4. The molecule has 1 amide bonds. The van der Waals surface area contributed by atoms with E-state index < -0.39 is 0 Å². The Morgan fingerprint density at radius 2 is 1.97 bits per heavy atom. The lowest BCUT2D eigenvalue weighted by Gasteiger charge is -2.15. The first-order valence-electron chi connectivity index (χ1n) is 10.5. The lowest BCUT2D eigenvalue weighted by molar-refractivity contribution is 0.102. The summed E-state index contributed by atoms with van der Waals surface area (Å²) in [6.07, 6.45) is 3.81. The Balaban J connectivity index is 1.66. The van der Waals surface area contributed by atoms with Crippen LogP contribution in [0.4, 0.5) is 5.69 Å². The van der Waals surface area contributed by atoms with Crippen LogP contribution >= 0.6 is 11.6 Å². The minimum atomic E-state index is -0.246. The third kappa shape index (κ3) is 4.60. The van der Waals surface area contributed by atoms with Crippen molar-refractivity contribution in [3.63, 3.8) is 0 Å². The van der Waals surface area contributed by atoms with Crippen LogP contribution in [0.1, 0.15) is 40.2 Å². The molecular weight excluding hydrogens is 414 g/mol. The molecule has 0 unspecified atom stereocenters. The Morgan fingerprint density at radius 1 is 1.16 bits per heavy atom. The van der Waals surface area contributed by atoms with Gasteiger partial charge in [0.15, 0.2) is 5.69 Å². The van der Waals surface area contributed by atoms with Crippen LogP contribution in [0.15, 0.2) is 42.5 Å². The second-order valence-electron chi connectivity index (χ2n) is 7.64. The highest BCUT2D eigenvalue weighted by atomic mass is 35.5. The van der Waals surface area contributed by atoms with E-state index in [2.05, 4.69) is 5.32 Å². The van der Waals surface area contributed by atoms with Crippen molar-refractivity contribution in [2.45, 2.75) is 32.6 Å². The molecule has 3 aromatic rings. The van der Waals surface area contributed by atoms with E-state index in [1.165, 1.54) is 0 Å². The number of nitrogens with one attached hydrogen (secondary N) is 1. The smallest absolute Gasteiger partial charge is 0.276 e. The molecule has 0 fully saturated rings. The number of benzene rings is 2. The molecule has 0 bridgehead atoms. The molecule has 1 aliphatic carbocycles. The standard InChI is InChI=1S/C24H26ClN3O3/c1-16-11-12-19(22(15-16)31-14-13-30-2)26-24(29)23-17-7-3-5-9-20(17)28(27-23)21-10-6-4-8-18(21)25/h4,6,8,10-12,15H,3,5,7,9,13-14H2,1-2H3,(H,26,29). The van der Waals surface area contributed by atoms with Crippen LogP contribution in [0.25, 0.3) is 5.69 Å². The number of aryl methyl sites for hydroxylation is 1. The fourth-order valence-electron chi connectivity index (χ4n) is 3.87. The van der Waals surface area contributed by atoms with Crippen LogP contribution in [-0.2, 0) is 17.6 Å². The number of nitrogens with zero attached hydrogens (tertiary/aromatic N) is 2. The molecule has 1 heterocycles. The molecule has 31 heavy (non-hydrogen) atoms. The van der Waals surface area contributed by atoms with Crippen LogP contribution in [0.5, 0.6) is 5.75 Å². The largest absolute Gasteiger partial charge is 0.489 e. The number of rotatable bonds is 7. The molecule has 7 heteroatoms. The molecule has 4 rings (SSSR count). The second-order valence-corrected chi connectivity index (χ2v) is 8.05. The molecule has 0 saturated heterocycles. The number of fused-ring (bicyclic) bond motifs is 1. The summed E-state index contributed by atoms with van der Waals surface area (Å²) in [5.74, 6) is 0.370. The van der Waals surface area contributed by atoms with Crippen molar-refractivity contribution in [3.8, 4) is 11.4 Å². The minimum absolute atomic E-state index is 0.246. The van der Waals surface area contributed by atoms with Gasteiger partial charge in [-0.25, -0.2) is 4.68 Å². The first-order chi connectivity index (χ1) is 15.1. The predicted octanol–water partition coefficient (Wildman–Crippen LogP) is 4.99. The van der Waals surface area contributed by atoms with Gasteiger partial charge in [0, 0.05) is 18.4 Å². The summed E-state index contributed by atoms with van der Waals surface area (Å²) in [6.45, 7) is 2.85. The second kappa shape index (κ2) is 9.54. The van der Waals surface area contributed by atoms with Gasteiger partial charge in [0.2, 0.25) is 0 Å². The Labute approximate surface area is 187 Å². The summed E-state index contributed by atoms with van der Waals surface area (Å²) in [5.41, 5.74) is 4.95. The van der Waals surface area contributed by atoms with Gasteiger partial charge in [-0.15, -0.1) is 0 Å². The number of carbonyl (C=O) groups is 1. The number of aromatic nitrogens is 2. The maximum absolute atomic E-state index is 13.3.